The highest BCUT2D eigenvalue weighted by Crippen LogP contribution is 2.23. The Bertz CT molecular complexity index is 760. The summed E-state index contributed by atoms with van der Waals surface area (Å²) in [4.78, 5) is 24.1. The Morgan fingerprint density at radius 3 is 2.54 bits per heavy atom. The number of halogens is 1. The Labute approximate surface area is 145 Å². The Balaban J connectivity index is 2.11. The maximum absolute atomic E-state index is 12.3. The van der Waals surface area contributed by atoms with Gasteiger partial charge >= 0.3 is 5.97 Å². The summed E-state index contributed by atoms with van der Waals surface area (Å²) >= 11 is 5.91. The lowest BCUT2D eigenvalue weighted by molar-refractivity contribution is -0.122. The predicted molar refractivity (Wildman–Crippen MR) is 92.7 cm³/mol. The first-order valence-corrected chi connectivity index (χ1v) is 7.71. The molecule has 126 valence electrons. The summed E-state index contributed by atoms with van der Waals surface area (Å²) in [6.45, 7) is 3.47. The summed E-state index contributed by atoms with van der Waals surface area (Å²) in [5.74, 6) is -0.322. The normalized spacial score (nSPS) is 11.5. The van der Waals surface area contributed by atoms with Gasteiger partial charge in [0.2, 0.25) is 0 Å². The van der Waals surface area contributed by atoms with Gasteiger partial charge in [0.1, 0.15) is 5.75 Å². The van der Waals surface area contributed by atoms with Gasteiger partial charge in [-0.25, -0.2) is 4.79 Å². The molecule has 0 aliphatic rings. The number of carbonyl (C=O) groups excluding carboxylic acids is 2. The molecule has 0 radical (unpaired) electrons. The standard InChI is InChI=1S/C18H18ClNO4/c1-11-10-13(19)8-9-16(11)24-12(2)17(21)20-15-7-5-4-6-14(15)18(22)23-3/h4-10,12H,1-3H3,(H,20,21)/t12-/m1/s1. The topological polar surface area (TPSA) is 64.6 Å². The largest absolute Gasteiger partial charge is 0.481 e. The summed E-state index contributed by atoms with van der Waals surface area (Å²) in [5.41, 5.74) is 1.48. The zero-order valence-corrected chi connectivity index (χ0v) is 14.4. The molecule has 0 saturated carbocycles. The fourth-order valence-electron chi connectivity index (χ4n) is 2.10. The first-order chi connectivity index (χ1) is 11.4. The van der Waals surface area contributed by atoms with Gasteiger partial charge in [-0.3, -0.25) is 4.79 Å². The van der Waals surface area contributed by atoms with Crippen LogP contribution in [-0.2, 0) is 9.53 Å². The molecule has 0 aliphatic heterocycles. The smallest absolute Gasteiger partial charge is 0.339 e. The molecule has 0 bridgehead atoms. The van der Waals surface area contributed by atoms with Crippen LogP contribution in [0.2, 0.25) is 5.02 Å². The molecule has 2 aromatic rings. The molecule has 6 heteroatoms. The fourth-order valence-corrected chi connectivity index (χ4v) is 2.33. The van der Waals surface area contributed by atoms with E-state index in [4.69, 9.17) is 21.1 Å². The molecule has 0 saturated heterocycles. The predicted octanol–water partition coefficient (Wildman–Crippen LogP) is 3.84. The van der Waals surface area contributed by atoms with Crippen molar-refractivity contribution in [1.82, 2.24) is 0 Å². The quantitative estimate of drug-likeness (QED) is 0.834. The molecule has 1 amide bonds. The van der Waals surface area contributed by atoms with Crippen molar-refractivity contribution in [2.45, 2.75) is 20.0 Å². The monoisotopic (exact) mass is 347 g/mol. The van der Waals surface area contributed by atoms with E-state index in [0.29, 0.717) is 16.5 Å². The lowest BCUT2D eigenvalue weighted by atomic mass is 10.1. The highest BCUT2D eigenvalue weighted by Gasteiger charge is 2.19. The third-order valence-electron chi connectivity index (χ3n) is 3.40. The van der Waals surface area contributed by atoms with Crippen molar-refractivity contribution in [3.63, 3.8) is 0 Å². The summed E-state index contributed by atoms with van der Waals surface area (Å²) in [7, 11) is 1.29. The molecular weight excluding hydrogens is 330 g/mol. The van der Waals surface area contributed by atoms with E-state index in [1.54, 1.807) is 49.4 Å². The summed E-state index contributed by atoms with van der Waals surface area (Å²) in [5, 5.41) is 3.29. The number of para-hydroxylation sites is 1. The number of hydrogen-bond donors (Lipinski definition) is 1. The lowest BCUT2D eigenvalue weighted by Gasteiger charge is -2.17. The minimum atomic E-state index is -0.754. The van der Waals surface area contributed by atoms with Gasteiger partial charge in [-0.15, -0.1) is 0 Å². The average Bonchev–Trinajstić information content (AvgIpc) is 2.57. The van der Waals surface area contributed by atoms with E-state index in [0.717, 1.165) is 5.56 Å². The number of esters is 1. The third-order valence-corrected chi connectivity index (χ3v) is 3.64. The number of carbonyl (C=O) groups is 2. The Morgan fingerprint density at radius 2 is 1.88 bits per heavy atom. The van der Waals surface area contributed by atoms with Gasteiger partial charge in [0.15, 0.2) is 6.10 Å². The number of aryl methyl sites for hydroxylation is 1. The van der Waals surface area contributed by atoms with Gasteiger partial charge in [0, 0.05) is 5.02 Å². The van der Waals surface area contributed by atoms with Crippen molar-refractivity contribution in [2.24, 2.45) is 0 Å². The van der Waals surface area contributed by atoms with Crippen LogP contribution in [0.4, 0.5) is 5.69 Å². The maximum atomic E-state index is 12.3. The van der Waals surface area contributed by atoms with Crippen LogP contribution in [0, 0.1) is 6.92 Å². The number of amides is 1. The summed E-state index contributed by atoms with van der Waals surface area (Å²) in [6, 6.07) is 11.8. The molecule has 0 unspecified atom stereocenters. The van der Waals surface area contributed by atoms with Gasteiger partial charge in [0.05, 0.1) is 18.4 Å². The van der Waals surface area contributed by atoms with E-state index in [-0.39, 0.29) is 11.5 Å². The number of rotatable bonds is 5. The Kier molecular flexibility index (Phi) is 5.82. The van der Waals surface area contributed by atoms with Crippen LogP contribution in [-0.4, -0.2) is 25.1 Å². The highest BCUT2D eigenvalue weighted by atomic mass is 35.5. The molecule has 0 heterocycles. The zero-order chi connectivity index (χ0) is 17.7. The first kappa shape index (κ1) is 17.8. The van der Waals surface area contributed by atoms with Crippen LogP contribution >= 0.6 is 11.6 Å². The fraction of sp³-hybridized carbons (Fsp3) is 0.222. The van der Waals surface area contributed by atoms with Crippen molar-refractivity contribution < 1.29 is 19.1 Å². The maximum Gasteiger partial charge on any atom is 0.339 e. The van der Waals surface area contributed by atoms with Gasteiger partial charge in [0.25, 0.3) is 5.91 Å². The van der Waals surface area contributed by atoms with Crippen LogP contribution < -0.4 is 10.1 Å². The third kappa shape index (κ3) is 4.26. The SMILES string of the molecule is COC(=O)c1ccccc1NC(=O)[C@@H](C)Oc1ccc(Cl)cc1C. The van der Waals surface area contributed by atoms with E-state index in [2.05, 4.69) is 5.32 Å². The molecule has 5 nitrogen and oxygen atoms in total. The molecule has 1 atom stereocenters. The minimum Gasteiger partial charge on any atom is -0.481 e. The molecule has 2 aromatic carbocycles. The van der Waals surface area contributed by atoms with E-state index in [9.17, 15) is 9.59 Å². The summed E-state index contributed by atoms with van der Waals surface area (Å²) in [6.07, 6.45) is -0.754. The minimum absolute atomic E-state index is 0.281. The average molecular weight is 348 g/mol. The molecule has 24 heavy (non-hydrogen) atoms. The van der Waals surface area contributed by atoms with Crippen LogP contribution in [0.5, 0.6) is 5.75 Å². The molecule has 0 fully saturated rings. The van der Waals surface area contributed by atoms with Crippen LogP contribution in [0.3, 0.4) is 0 Å². The second-order valence-electron chi connectivity index (χ2n) is 5.20. The highest BCUT2D eigenvalue weighted by molar-refractivity contribution is 6.30. The van der Waals surface area contributed by atoms with Crippen molar-refractivity contribution in [3.8, 4) is 5.75 Å². The Hall–Kier alpha value is -2.53. The summed E-state index contributed by atoms with van der Waals surface area (Å²) < 4.78 is 10.4. The van der Waals surface area contributed by atoms with Gasteiger partial charge in [-0.2, -0.15) is 0 Å². The molecule has 0 aliphatic carbocycles. The molecule has 2 rings (SSSR count). The number of ether oxygens (including phenoxy) is 2. The molecular formula is C18H18ClNO4. The number of methoxy groups -OCH3 is 1. The van der Waals surface area contributed by atoms with Crippen LogP contribution in [0.25, 0.3) is 0 Å². The van der Waals surface area contributed by atoms with Crippen LogP contribution in [0.1, 0.15) is 22.8 Å². The van der Waals surface area contributed by atoms with Gasteiger partial charge in [-0.1, -0.05) is 23.7 Å². The van der Waals surface area contributed by atoms with Crippen molar-refractivity contribution in [3.05, 3.63) is 58.6 Å². The van der Waals surface area contributed by atoms with E-state index in [1.807, 2.05) is 6.92 Å². The van der Waals surface area contributed by atoms with Crippen molar-refractivity contribution in [1.29, 1.82) is 0 Å². The van der Waals surface area contributed by atoms with Crippen molar-refractivity contribution >= 4 is 29.2 Å². The molecule has 1 N–H and O–H groups in total. The second kappa shape index (κ2) is 7.84. The number of nitrogens with one attached hydrogen (secondary N) is 1. The van der Waals surface area contributed by atoms with Gasteiger partial charge < -0.3 is 14.8 Å². The molecule has 0 spiro atoms. The second-order valence-corrected chi connectivity index (χ2v) is 5.63. The number of anilines is 1. The first-order valence-electron chi connectivity index (χ1n) is 7.33. The number of benzene rings is 2. The van der Waals surface area contributed by atoms with E-state index in [1.165, 1.54) is 7.11 Å². The van der Waals surface area contributed by atoms with Gasteiger partial charge in [-0.05, 0) is 49.7 Å². The van der Waals surface area contributed by atoms with E-state index >= 15 is 0 Å². The molecule has 0 aromatic heterocycles. The lowest BCUT2D eigenvalue weighted by Crippen LogP contribution is -2.31. The number of hydrogen-bond acceptors (Lipinski definition) is 4. The Morgan fingerprint density at radius 1 is 1.17 bits per heavy atom. The van der Waals surface area contributed by atoms with E-state index < -0.39 is 12.1 Å². The van der Waals surface area contributed by atoms with Crippen molar-refractivity contribution in [2.75, 3.05) is 12.4 Å². The zero-order valence-electron chi connectivity index (χ0n) is 13.6. The van der Waals surface area contributed by atoms with Crippen LogP contribution in [0.15, 0.2) is 42.5 Å².